The predicted molar refractivity (Wildman–Crippen MR) is 142 cm³/mol. The number of aliphatic carboxylic acids is 1. The lowest BCUT2D eigenvalue weighted by atomic mass is 9.92. The van der Waals surface area contributed by atoms with Gasteiger partial charge in [-0.25, -0.2) is 4.39 Å². The molecule has 1 aromatic heterocycles. The molecule has 3 N–H and O–H groups in total. The van der Waals surface area contributed by atoms with Crippen LogP contribution in [0.25, 0.3) is 0 Å². The minimum absolute atomic E-state index is 0.0625. The van der Waals surface area contributed by atoms with Crippen LogP contribution in [0.1, 0.15) is 79.5 Å². The topological polar surface area (TPSA) is 104 Å². The third-order valence-electron chi connectivity index (χ3n) is 7.93. The first-order chi connectivity index (χ1) is 18.5. The van der Waals surface area contributed by atoms with Crippen LogP contribution in [0.2, 0.25) is 0 Å². The number of aromatic amines is 1. The van der Waals surface area contributed by atoms with Gasteiger partial charge in [0.25, 0.3) is 0 Å². The Kier molecular flexibility index (Phi) is 8.76. The van der Waals surface area contributed by atoms with Gasteiger partial charge >= 0.3 is 5.97 Å². The van der Waals surface area contributed by atoms with Crippen LogP contribution in [-0.2, 0) is 27.1 Å². The van der Waals surface area contributed by atoms with Gasteiger partial charge in [-0.15, -0.1) is 0 Å². The molecule has 0 spiro atoms. The number of aryl methyl sites for hydroxylation is 1. The molecule has 38 heavy (non-hydrogen) atoms. The molecule has 1 aromatic carbocycles. The van der Waals surface area contributed by atoms with Crippen molar-refractivity contribution >= 4 is 11.8 Å². The lowest BCUT2D eigenvalue weighted by molar-refractivity contribution is -0.143. The second-order valence-electron chi connectivity index (χ2n) is 10.6. The fourth-order valence-corrected chi connectivity index (χ4v) is 5.99. The van der Waals surface area contributed by atoms with E-state index < -0.39 is 17.8 Å². The Balaban J connectivity index is 1.14. The summed E-state index contributed by atoms with van der Waals surface area (Å²) in [6.45, 7) is 3.16. The van der Waals surface area contributed by atoms with Crippen LogP contribution in [-0.4, -0.2) is 59.9 Å². The highest BCUT2D eigenvalue weighted by atomic mass is 19.1. The van der Waals surface area contributed by atoms with Crippen LogP contribution in [0.15, 0.2) is 29.1 Å². The van der Waals surface area contributed by atoms with Crippen molar-refractivity contribution in [2.45, 2.75) is 76.0 Å². The molecule has 2 fully saturated rings. The maximum atomic E-state index is 14.3. The largest absolute Gasteiger partial charge is 0.480 e. The number of pyridine rings is 1. The lowest BCUT2D eigenvalue weighted by Gasteiger charge is -2.30. The molecule has 3 aliphatic heterocycles. The number of nitrogens with one attached hydrogen (secondary N) is 2. The van der Waals surface area contributed by atoms with E-state index in [4.69, 9.17) is 9.47 Å². The van der Waals surface area contributed by atoms with E-state index in [0.29, 0.717) is 31.9 Å². The molecule has 206 valence electrons. The van der Waals surface area contributed by atoms with E-state index in [1.165, 1.54) is 12.1 Å². The smallest absolute Gasteiger partial charge is 0.325 e. The molecule has 2 aromatic rings. The molecule has 0 saturated carbocycles. The summed E-state index contributed by atoms with van der Waals surface area (Å²) in [7, 11) is 0. The van der Waals surface area contributed by atoms with Crippen molar-refractivity contribution < 1.29 is 23.8 Å². The van der Waals surface area contributed by atoms with Crippen LogP contribution in [0.4, 0.5) is 10.2 Å². The number of rotatable bonds is 10. The average molecular weight is 528 g/mol. The molecule has 3 atom stereocenters. The Bertz CT molecular complexity index is 1180. The van der Waals surface area contributed by atoms with Crippen LogP contribution in [0, 0.1) is 5.82 Å². The molecular weight excluding hydrogens is 489 g/mol. The monoisotopic (exact) mass is 527 g/mol. The Labute approximate surface area is 222 Å². The summed E-state index contributed by atoms with van der Waals surface area (Å²) < 4.78 is 26.3. The number of hydrogen-bond donors (Lipinski definition) is 3. The zero-order valence-corrected chi connectivity index (χ0v) is 21.8. The lowest BCUT2D eigenvalue weighted by Crippen LogP contribution is -2.34. The predicted octanol–water partition coefficient (Wildman–Crippen LogP) is 4.35. The zero-order chi connectivity index (χ0) is 26.5. The maximum absolute atomic E-state index is 14.3. The third-order valence-corrected chi connectivity index (χ3v) is 7.93. The van der Waals surface area contributed by atoms with Gasteiger partial charge in [-0.2, -0.15) is 0 Å². The average Bonchev–Trinajstić information content (AvgIpc) is 3.37. The second kappa shape index (κ2) is 12.4. The molecule has 0 bridgehead atoms. The number of ether oxygens (including phenoxy) is 2. The summed E-state index contributed by atoms with van der Waals surface area (Å²) in [5.41, 5.74) is 3.15. The van der Waals surface area contributed by atoms with E-state index in [1.54, 1.807) is 12.1 Å². The van der Waals surface area contributed by atoms with E-state index >= 15 is 0 Å². The van der Waals surface area contributed by atoms with Crippen molar-refractivity contribution in [2.75, 3.05) is 38.2 Å². The Morgan fingerprint density at radius 1 is 1.21 bits per heavy atom. The second-order valence-corrected chi connectivity index (χ2v) is 10.6. The number of unbranched alkanes of at least 4 members (excludes halogenated alkanes) is 1. The van der Waals surface area contributed by atoms with Crippen LogP contribution in [0.5, 0.6) is 0 Å². The van der Waals surface area contributed by atoms with Gasteiger partial charge in [0.2, 0.25) is 0 Å². The van der Waals surface area contributed by atoms with Gasteiger partial charge in [0, 0.05) is 50.2 Å². The first-order valence-corrected chi connectivity index (χ1v) is 14.0. The van der Waals surface area contributed by atoms with Crippen molar-refractivity contribution in [1.82, 2.24) is 9.88 Å². The number of likely N-dealkylation sites (tertiary alicyclic amines) is 1. The molecule has 5 rings (SSSR count). The van der Waals surface area contributed by atoms with Gasteiger partial charge in [0.05, 0.1) is 12.2 Å². The molecule has 9 heteroatoms. The number of aromatic nitrogens is 1. The summed E-state index contributed by atoms with van der Waals surface area (Å²) in [6.07, 6.45) is 7.60. The minimum Gasteiger partial charge on any atom is -0.480 e. The molecule has 0 unspecified atom stereocenters. The van der Waals surface area contributed by atoms with Crippen LogP contribution < -0.4 is 10.7 Å². The third kappa shape index (κ3) is 6.27. The first-order valence-electron chi connectivity index (χ1n) is 14.0. The Morgan fingerprint density at radius 2 is 2.11 bits per heavy atom. The summed E-state index contributed by atoms with van der Waals surface area (Å²) in [5, 5.41) is 13.4. The highest BCUT2D eigenvalue weighted by Gasteiger charge is 2.36. The van der Waals surface area contributed by atoms with E-state index in [-0.39, 0.29) is 17.6 Å². The fraction of sp³-hybridized carbons (Fsp3) is 0.586. The number of hydrogen-bond acceptors (Lipinski definition) is 6. The number of fused-ring (bicyclic) bond motifs is 1. The maximum Gasteiger partial charge on any atom is 0.325 e. The SMILES string of the molecule is O=C(O)[C@@H](c1cc(F)ccc1[C@H]1CCCCO1)N1CC[C@@H](OCCCCc2cc(=O)c3c([nH]2)NCCC3)C1. The molecule has 0 radical (unpaired) electrons. The molecule has 8 nitrogen and oxygen atoms in total. The van der Waals surface area contributed by atoms with Crippen molar-refractivity contribution in [2.24, 2.45) is 0 Å². The first kappa shape index (κ1) is 26.8. The van der Waals surface area contributed by atoms with Gasteiger partial charge < -0.3 is 24.9 Å². The van der Waals surface area contributed by atoms with Crippen molar-refractivity contribution in [1.29, 1.82) is 0 Å². The number of carboxylic acid groups (broad SMARTS) is 1. The van der Waals surface area contributed by atoms with Crippen LogP contribution in [0.3, 0.4) is 0 Å². The molecule has 0 amide bonds. The number of nitrogens with zero attached hydrogens (tertiary/aromatic N) is 1. The molecule has 0 aliphatic carbocycles. The zero-order valence-electron chi connectivity index (χ0n) is 21.8. The molecular formula is C29H38FN3O5. The van der Waals surface area contributed by atoms with Crippen molar-refractivity contribution in [3.05, 3.63) is 62.7 Å². The number of H-pyrrole nitrogens is 1. The van der Waals surface area contributed by atoms with E-state index in [9.17, 15) is 19.1 Å². The number of carboxylic acids is 1. The van der Waals surface area contributed by atoms with Gasteiger partial charge in [0.15, 0.2) is 5.43 Å². The van der Waals surface area contributed by atoms with Crippen molar-refractivity contribution in [3.63, 3.8) is 0 Å². The summed E-state index contributed by atoms with van der Waals surface area (Å²) in [4.78, 5) is 30.0. The normalized spacial score (nSPS) is 22.6. The molecule has 4 heterocycles. The fourth-order valence-electron chi connectivity index (χ4n) is 5.99. The van der Waals surface area contributed by atoms with E-state index in [1.807, 2.05) is 4.90 Å². The van der Waals surface area contributed by atoms with Gasteiger partial charge in [-0.3, -0.25) is 14.5 Å². The Hall–Kier alpha value is -2.75. The van der Waals surface area contributed by atoms with Gasteiger partial charge in [-0.05, 0) is 81.0 Å². The molecule has 3 aliphatic rings. The van der Waals surface area contributed by atoms with Gasteiger partial charge in [0.1, 0.15) is 17.7 Å². The minimum atomic E-state index is -0.984. The highest BCUT2D eigenvalue weighted by Crippen LogP contribution is 2.36. The Morgan fingerprint density at radius 3 is 2.92 bits per heavy atom. The summed E-state index contributed by atoms with van der Waals surface area (Å²) in [6, 6.07) is 5.22. The number of carbonyl (C=O) groups is 1. The summed E-state index contributed by atoms with van der Waals surface area (Å²) in [5.74, 6) is -0.554. The highest BCUT2D eigenvalue weighted by molar-refractivity contribution is 5.76. The van der Waals surface area contributed by atoms with Gasteiger partial charge in [-0.1, -0.05) is 6.07 Å². The van der Waals surface area contributed by atoms with E-state index in [2.05, 4.69) is 10.3 Å². The van der Waals surface area contributed by atoms with E-state index in [0.717, 1.165) is 87.0 Å². The number of benzene rings is 1. The number of halogens is 1. The number of anilines is 1. The van der Waals surface area contributed by atoms with Crippen molar-refractivity contribution in [3.8, 4) is 0 Å². The quantitative estimate of drug-likeness (QED) is 0.395. The molecule has 2 saturated heterocycles. The standard InChI is InChI=1S/C29H38FN3O5/c30-19-9-10-22(26-8-2-4-15-38-26)24(16-19)27(29(35)36)33-13-11-21(18-33)37-14-3-1-6-20-17-25(34)23-7-5-12-31-28(23)32-20/h9-10,16-17,21,26-27H,1-8,11-15,18H2,(H,35,36)(H2,31,32,34)/t21-,26-,27-/m1/s1. The van der Waals surface area contributed by atoms with Crippen LogP contribution >= 0.6 is 0 Å². The summed E-state index contributed by atoms with van der Waals surface area (Å²) >= 11 is 0.